The van der Waals surface area contributed by atoms with Gasteiger partial charge in [-0.2, -0.15) is 5.26 Å². The van der Waals surface area contributed by atoms with Crippen molar-refractivity contribution in [3.05, 3.63) is 22.6 Å². The molecule has 0 aliphatic carbocycles. The molecule has 1 aromatic carbocycles. The van der Waals surface area contributed by atoms with E-state index in [0.29, 0.717) is 10.4 Å². The molecule has 0 spiro atoms. The Morgan fingerprint density at radius 1 is 1.38 bits per heavy atom. The lowest BCUT2D eigenvalue weighted by atomic mass is 10.1. The second kappa shape index (κ2) is 9.35. The first-order valence-corrected chi connectivity index (χ1v) is 9.79. The van der Waals surface area contributed by atoms with Crippen molar-refractivity contribution >= 4 is 45.4 Å². The predicted molar refractivity (Wildman–Crippen MR) is 112 cm³/mol. The van der Waals surface area contributed by atoms with Crippen LogP contribution in [0.1, 0.15) is 54.8 Å². The molecular weight excluding hydrogens is 344 g/mol. The number of thiophene rings is 1. The fourth-order valence-corrected chi connectivity index (χ4v) is 3.99. The van der Waals surface area contributed by atoms with Gasteiger partial charge in [0.1, 0.15) is 6.07 Å². The van der Waals surface area contributed by atoms with E-state index in [1.165, 1.54) is 11.3 Å². The number of nitrogens with one attached hydrogen (secondary N) is 1. The van der Waals surface area contributed by atoms with Crippen LogP contribution in [0.3, 0.4) is 0 Å². The lowest BCUT2D eigenvalue weighted by Gasteiger charge is -2.16. The molecule has 1 unspecified atom stereocenters. The summed E-state index contributed by atoms with van der Waals surface area (Å²) in [6.07, 6.45) is 6.93. The topological polar surface area (TPSA) is 68.5 Å². The minimum atomic E-state index is 0.287. The number of fused-ring (bicyclic) bond motifs is 1. The zero-order valence-electron chi connectivity index (χ0n) is 15.9. The van der Waals surface area contributed by atoms with Gasteiger partial charge in [0.25, 0.3) is 0 Å². The van der Waals surface area contributed by atoms with Gasteiger partial charge < -0.3 is 10.2 Å². The number of hydrogen-bond acceptors (Lipinski definition) is 5. The SMILES string of the molecule is CCCCC(CC)N=CNc1c(C=O)sc2c(C#N)ccc(N(C)C)c12. The monoisotopic (exact) mass is 370 g/mol. The summed E-state index contributed by atoms with van der Waals surface area (Å²) in [5, 5.41) is 13.5. The summed E-state index contributed by atoms with van der Waals surface area (Å²) >= 11 is 1.34. The third kappa shape index (κ3) is 4.23. The van der Waals surface area contributed by atoms with Crippen LogP contribution in [-0.2, 0) is 0 Å². The first kappa shape index (κ1) is 19.9. The molecule has 0 radical (unpaired) electrons. The molecule has 0 fully saturated rings. The lowest BCUT2D eigenvalue weighted by molar-refractivity contribution is 0.112. The van der Waals surface area contributed by atoms with Crippen molar-refractivity contribution in [2.45, 2.75) is 45.6 Å². The molecule has 6 heteroatoms. The van der Waals surface area contributed by atoms with Crippen molar-refractivity contribution in [2.24, 2.45) is 4.99 Å². The summed E-state index contributed by atoms with van der Waals surface area (Å²) in [4.78, 5) is 18.8. The van der Waals surface area contributed by atoms with Gasteiger partial charge in [0, 0.05) is 25.2 Å². The van der Waals surface area contributed by atoms with Crippen molar-refractivity contribution < 1.29 is 4.79 Å². The van der Waals surface area contributed by atoms with Crippen LogP contribution in [0, 0.1) is 11.3 Å². The maximum atomic E-state index is 11.6. The highest BCUT2D eigenvalue weighted by atomic mass is 32.1. The highest BCUT2D eigenvalue weighted by molar-refractivity contribution is 7.21. The van der Waals surface area contributed by atoms with Crippen LogP contribution in [0.2, 0.25) is 0 Å². The average molecular weight is 371 g/mol. The molecule has 1 N–H and O–H groups in total. The molecule has 1 heterocycles. The Kier molecular flexibility index (Phi) is 7.16. The van der Waals surface area contributed by atoms with Gasteiger partial charge in [-0.15, -0.1) is 11.3 Å². The Hall–Kier alpha value is -2.39. The van der Waals surface area contributed by atoms with Gasteiger partial charge in [-0.05, 0) is 25.0 Å². The molecule has 0 aliphatic heterocycles. The van der Waals surface area contributed by atoms with Gasteiger partial charge in [-0.1, -0.05) is 26.7 Å². The maximum Gasteiger partial charge on any atom is 0.162 e. The van der Waals surface area contributed by atoms with E-state index in [2.05, 4.69) is 30.2 Å². The van der Waals surface area contributed by atoms with Gasteiger partial charge in [0.15, 0.2) is 6.29 Å². The molecule has 2 aromatic rings. The fraction of sp³-hybridized carbons (Fsp3) is 0.450. The zero-order valence-corrected chi connectivity index (χ0v) is 16.7. The molecular formula is C20H26N4OS. The van der Waals surface area contributed by atoms with Gasteiger partial charge >= 0.3 is 0 Å². The van der Waals surface area contributed by atoms with Gasteiger partial charge in [-0.3, -0.25) is 9.79 Å². The summed E-state index contributed by atoms with van der Waals surface area (Å²) in [6, 6.07) is 6.23. The summed E-state index contributed by atoms with van der Waals surface area (Å²) in [5.74, 6) is 0. The van der Waals surface area contributed by atoms with Crippen LogP contribution < -0.4 is 10.2 Å². The Bertz CT molecular complexity index is 832. The largest absolute Gasteiger partial charge is 0.377 e. The smallest absolute Gasteiger partial charge is 0.162 e. The normalized spacial score (nSPS) is 12.3. The van der Waals surface area contributed by atoms with E-state index >= 15 is 0 Å². The fourth-order valence-electron chi connectivity index (χ4n) is 2.92. The first-order chi connectivity index (χ1) is 12.6. The second-order valence-corrected chi connectivity index (χ2v) is 7.48. The molecule has 0 amide bonds. The van der Waals surface area contributed by atoms with Crippen LogP contribution in [-0.4, -0.2) is 32.8 Å². The Morgan fingerprint density at radius 2 is 2.15 bits per heavy atom. The molecule has 5 nitrogen and oxygen atoms in total. The number of carbonyl (C=O) groups excluding carboxylic acids is 1. The number of aliphatic imine (C=N–C) groups is 1. The third-order valence-electron chi connectivity index (χ3n) is 4.41. The second-order valence-electron chi connectivity index (χ2n) is 6.43. The van der Waals surface area contributed by atoms with E-state index < -0.39 is 0 Å². The van der Waals surface area contributed by atoms with Gasteiger partial charge in [0.2, 0.25) is 0 Å². The molecule has 138 valence electrons. The summed E-state index contributed by atoms with van der Waals surface area (Å²) in [6.45, 7) is 4.32. The highest BCUT2D eigenvalue weighted by Gasteiger charge is 2.18. The number of benzene rings is 1. The summed E-state index contributed by atoms with van der Waals surface area (Å²) < 4.78 is 0.828. The highest BCUT2D eigenvalue weighted by Crippen LogP contribution is 2.42. The molecule has 0 saturated carbocycles. The number of anilines is 2. The van der Waals surface area contributed by atoms with Crippen LogP contribution >= 0.6 is 11.3 Å². The van der Waals surface area contributed by atoms with Gasteiger partial charge in [-0.25, -0.2) is 0 Å². The number of unbranched alkanes of at least 4 members (excludes halogenated alkanes) is 1. The Morgan fingerprint density at radius 3 is 2.73 bits per heavy atom. The molecule has 1 atom stereocenters. The van der Waals surface area contributed by atoms with Crippen LogP contribution in [0.4, 0.5) is 11.4 Å². The Labute approximate surface area is 159 Å². The minimum Gasteiger partial charge on any atom is -0.377 e. The van der Waals surface area contributed by atoms with E-state index in [1.54, 1.807) is 12.4 Å². The number of nitrogens with zero attached hydrogens (tertiary/aromatic N) is 3. The quantitative estimate of drug-likeness (QED) is 0.380. The van der Waals surface area contributed by atoms with Crippen LogP contribution in [0.15, 0.2) is 17.1 Å². The number of hydrogen-bond donors (Lipinski definition) is 1. The molecule has 0 bridgehead atoms. The molecule has 0 aliphatic rings. The van der Waals surface area contributed by atoms with Crippen molar-refractivity contribution in [1.29, 1.82) is 5.26 Å². The standard InChI is InChI=1S/C20H26N4OS/c1-5-7-8-15(6-2)22-13-23-19-17(12-25)26-20-14(11-21)9-10-16(18(19)20)24(3)4/h9-10,12-13,15H,5-8H2,1-4H3,(H,22,23). The molecule has 1 aromatic heterocycles. The number of carbonyl (C=O) groups is 1. The Balaban J connectivity index is 2.45. The third-order valence-corrected chi connectivity index (χ3v) is 5.56. The maximum absolute atomic E-state index is 11.6. The lowest BCUT2D eigenvalue weighted by Crippen LogP contribution is -2.10. The predicted octanol–water partition coefficient (Wildman–Crippen LogP) is 5.06. The van der Waals surface area contributed by atoms with E-state index in [1.807, 2.05) is 25.1 Å². The number of aldehydes is 1. The number of rotatable bonds is 9. The first-order valence-electron chi connectivity index (χ1n) is 8.97. The number of nitriles is 1. The summed E-state index contributed by atoms with van der Waals surface area (Å²) in [5.41, 5.74) is 2.28. The van der Waals surface area contributed by atoms with E-state index in [0.717, 1.165) is 53.4 Å². The van der Waals surface area contributed by atoms with Crippen molar-refractivity contribution in [3.63, 3.8) is 0 Å². The molecule has 0 saturated heterocycles. The van der Waals surface area contributed by atoms with Crippen LogP contribution in [0.5, 0.6) is 0 Å². The molecule has 2 rings (SSSR count). The van der Waals surface area contributed by atoms with Crippen molar-refractivity contribution in [2.75, 3.05) is 24.3 Å². The minimum absolute atomic E-state index is 0.287. The van der Waals surface area contributed by atoms with E-state index in [9.17, 15) is 10.1 Å². The van der Waals surface area contributed by atoms with Gasteiger partial charge in [0.05, 0.1) is 33.2 Å². The van der Waals surface area contributed by atoms with E-state index in [-0.39, 0.29) is 6.04 Å². The average Bonchev–Trinajstić information content (AvgIpc) is 3.02. The zero-order chi connectivity index (χ0) is 19.1. The van der Waals surface area contributed by atoms with Crippen LogP contribution in [0.25, 0.3) is 10.1 Å². The van der Waals surface area contributed by atoms with Crippen molar-refractivity contribution in [1.82, 2.24) is 0 Å². The summed E-state index contributed by atoms with van der Waals surface area (Å²) in [7, 11) is 3.91. The van der Waals surface area contributed by atoms with Crippen molar-refractivity contribution in [3.8, 4) is 6.07 Å². The molecule has 26 heavy (non-hydrogen) atoms. The van der Waals surface area contributed by atoms with E-state index in [4.69, 9.17) is 0 Å².